The van der Waals surface area contributed by atoms with Crippen molar-refractivity contribution in [2.24, 2.45) is 0 Å². The number of nitrogens with two attached hydrogens (primary N) is 1. The molecule has 0 saturated heterocycles. The average molecular weight is 210 g/mol. The van der Waals surface area contributed by atoms with Crippen LogP contribution < -0.4 is 11.1 Å². The second kappa shape index (κ2) is 5.21. The van der Waals surface area contributed by atoms with Crippen LogP contribution in [-0.2, 0) is 11.2 Å². The summed E-state index contributed by atoms with van der Waals surface area (Å²) in [6, 6.07) is 5.03. The Bertz CT molecular complexity index is 353. The molecule has 0 aromatic heterocycles. The molecule has 0 aliphatic rings. The number of benzene rings is 1. The predicted molar refractivity (Wildman–Crippen MR) is 57.8 cm³/mol. The van der Waals surface area contributed by atoms with Gasteiger partial charge >= 0.3 is 5.97 Å². The normalized spacial score (nSPS) is 9.93. The number of nitrogen functional groups attached to an aromatic ring is 1. The summed E-state index contributed by atoms with van der Waals surface area (Å²) >= 11 is 0. The van der Waals surface area contributed by atoms with Crippen molar-refractivity contribution in [3.63, 3.8) is 0 Å². The Labute approximate surface area is 87.5 Å². The van der Waals surface area contributed by atoms with Gasteiger partial charge in [0, 0.05) is 6.54 Å². The van der Waals surface area contributed by atoms with Crippen LogP contribution >= 0.6 is 0 Å². The molecule has 0 spiro atoms. The summed E-state index contributed by atoms with van der Waals surface area (Å²) in [5, 5.41) is 20.1. The topological polar surface area (TPSA) is 95.6 Å². The summed E-state index contributed by atoms with van der Waals surface area (Å²) in [6.45, 7) is 0.443. The van der Waals surface area contributed by atoms with Crippen LogP contribution in [0.4, 0.5) is 11.4 Å². The third-order valence-corrected chi connectivity index (χ3v) is 1.90. The Morgan fingerprint density at radius 1 is 1.47 bits per heavy atom. The van der Waals surface area contributed by atoms with Crippen LogP contribution in [0.2, 0.25) is 0 Å². The van der Waals surface area contributed by atoms with Crippen LogP contribution in [0.3, 0.4) is 0 Å². The largest absolute Gasteiger partial charge is 0.481 e. The van der Waals surface area contributed by atoms with Gasteiger partial charge in [0.2, 0.25) is 0 Å². The fourth-order valence-corrected chi connectivity index (χ4v) is 1.25. The molecule has 15 heavy (non-hydrogen) atoms. The Morgan fingerprint density at radius 2 is 2.20 bits per heavy atom. The van der Waals surface area contributed by atoms with Gasteiger partial charge in [-0.2, -0.15) is 0 Å². The molecular formula is C10H14N2O3. The number of carbonyl (C=O) groups is 1. The van der Waals surface area contributed by atoms with E-state index in [0.29, 0.717) is 23.5 Å². The Hall–Kier alpha value is -1.75. The second-order valence-corrected chi connectivity index (χ2v) is 3.14. The molecule has 5 nitrogen and oxygen atoms in total. The first-order chi connectivity index (χ1) is 7.13. The lowest BCUT2D eigenvalue weighted by atomic mass is 10.1. The minimum absolute atomic E-state index is 0.0241. The monoisotopic (exact) mass is 210 g/mol. The smallest absolute Gasteiger partial charge is 0.307 e. The number of anilines is 2. The summed E-state index contributed by atoms with van der Waals surface area (Å²) in [4.78, 5) is 10.4. The molecule has 82 valence electrons. The minimum atomic E-state index is -0.884. The van der Waals surface area contributed by atoms with E-state index in [2.05, 4.69) is 5.32 Å². The fourth-order valence-electron chi connectivity index (χ4n) is 1.25. The molecule has 5 N–H and O–H groups in total. The van der Waals surface area contributed by atoms with E-state index in [1.807, 2.05) is 0 Å². The van der Waals surface area contributed by atoms with Gasteiger partial charge in [-0.3, -0.25) is 4.79 Å². The maximum absolute atomic E-state index is 10.4. The van der Waals surface area contributed by atoms with Gasteiger partial charge in [0.05, 0.1) is 24.4 Å². The highest BCUT2D eigenvalue weighted by molar-refractivity contribution is 5.73. The molecule has 0 amide bonds. The number of nitrogens with one attached hydrogen (secondary N) is 1. The molecule has 1 aromatic rings. The molecule has 1 aromatic carbocycles. The van der Waals surface area contributed by atoms with Gasteiger partial charge in [-0.1, -0.05) is 6.07 Å². The number of aliphatic hydroxyl groups excluding tert-OH is 1. The Kier molecular flexibility index (Phi) is 3.93. The quantitative estimate of drug-likeness (QED) is 0.524. The molecule has 0 radical (unpaired) electrons. The highest BCUT2D eigenvalue weighted by Gasteiger charge is 2.03. The number of aliphatic hydroxyl groups is 1. The zero-order chi connectivity index (χ0) is 11.3. The number of hydrogen-bond acceptors (Lipinski definition) is 4. The van der Waals surface area contributed by atoms with Gasteiger partial charge < -0.3 is 21.3 Å². The first kappa shape index (κ1) is 11.3. The predicted octanol–water partition coefficient (Wildman–Crippen LogP) is 0.300. The van der Waals surface area contributed by atoms with Crippen molar-refractivity contribution in [2.45, 2.75) is 6.42 Å². The van der Waals surface area contributed by atoms with Crippen LogP contribution in [0.15, 0.2) is 18.2 Å². The summed E-state index contributed by atoms with van der Waals surface area (Å²) in [7, 11) is 0. The summed E-state index contributed by atoms with van der Waals surface area (Å²) in [5.41, 5.74) is 7.56. The number of carboxylic acids is 1. The van der Waals surface area contributed by atoms with Crippen molar-refractivity contribution < 1.29 is 15.0 Å². The summed E-state index contributed by atoms with van der Waals surface area (Å²) in [6.07, 6.45) is -0.0372. The van der Waals surface area contributed by atoms with Crippen LogP contribution in [-0.4, -0.2) is 29.3 Å². The molecule has 0 aliphatic carbocycles. The minimum Gasteiger partial charge on any atom is -0.481 e. The first-order valence-electron chi connectivity index (χ1n) is 4.58. The van der Waals surface area contributed by atoms with E-state index in [1.54, 1.807) is 18.2 Å². The molecule has 0 bridgehead atoms. The SMILES string of the molecule is Nc1cc(CC(=O)O)ccc1NCCO. The molecular weight excluding hydrogens is 196 g/mol. The van der Waals surface area contributed by atoms with E-state index < -0.39 is 5.97 Å². The van der Waals surface area contributed by atoms with Crippen LogP contribution in [0.25, 0.3) is 0 Å². The van der Waals surface area contributed by atoms with E-state index in [4.69, 9.17) is 15.9 Å². The molecule has 0 aliphatic heterocycles. The summed E-state index contributed by atoms with van der Waals surface area (Å²) in [5.74, 6) is -0.884. The van der Waals surface area contributed by atoms with Crippen molar-refractivity contribution in [2.75, 3.05) is 24.2 Å². The van der Waals surface area contributed by atoms with Gasteiger partial charge in [-0.25, -0.2) is 0 Å². The maximum Gasteiger partial charge on any atom is 0.307 e. The average Bonchev–Trinajstić information content (AvgIpc) is 2.15. The highest BCUT2D eigenvalue weighted by Crippen LogP contribution is 2.19. The Morgan fingerprint density at radius 3 is 2.73 bits per heavy atom. The summed E-state index contributed by atoms with van der Waals surface area (Å²) < 4.78 is 0. The zero-order valence-corrected chi connectivity index (χ0v) is 8.23. The third kappa shape index (κ3) is 3.47. The van der Waals surface area contributed by atoms with E-state index in [0.717, 1.165) is 0 Å². The number of aliphatic carboxylic acids is 1. The zero-order valence-electron chi connectivity index (χ0n) is 8.23. The molecule has 5 heteroatoms. The van der Waals surface area contributed by atoms with E-state index >= 15 is 0 Å². The van der Waals surface area contributed by atoms with E-state index in [-0.39, 0.29) is 13.0 Å². The van der Waals surface area contributed by atoms with Crippen LogP contribution in [0.5, 0.6) is 0 Å². The molecule has 0 heterocycles. The third-order valence-electron chi connectivity index (χ3n) is 1.90. The van der Waals surface area contributed by atoms with Gasteiger partial charge in [-0.05, 0) is 17.7 Å². The lowest BCUT2D eigenvalue weighted by Gasteiger charge is -2.08. The molecule has 0 saturated carbocycles. The number of hydrogen-bond donors (Lipinski definition) is 4. The van der Waals surface area contributed by atoms with Gasteiger partial charge in [-0.15, -0.1) is 0 Å². The fraction of sp³-hybridized carbons (Fsp3) is 0.300. The van der Waals surface area contributed by atoms with Crippen molar-refractivity contribution in [3.8, 4) is 0 Å². The van der Waals surface area contributed by atoms with Gasteiger partial charge in [0.25, 0.3) is 0 Å². The standard InChI is InChI=1S/C10H14N2O3/c11-8-5-7(6-10(14)15)1-2-9(8)12-3-4-13/h1-2,5,12-13H,3-4,6,11H2,(H,14,15). The lowest BCUT2D eigenvalue weighted by Crippen LogP contribution is -2.08. The Balaban J connectivity index is 2.74. The van der Waals surface area contributed by atoms with Crippen LogP contribution in [0.1, 0.15) is 5.56 Å². The highest BCUT2D eigenvalue weighted by atomic mass is 16.4. The second-order valence-electron chi connectivity index (χ2n) is 3.14. The number of rotatable bonds is 5. The lowest BCUT2D eigenvalue weighted by molar-refractivity contribution is -0.136. The van der Waals surface area contributed by atoms with Gasteiger partial charge in [0.15, 0.2) is 0 Å². The van der Waals surface area contributed by atoms with E-state index in [9.17, 15) is 4.79 Å². The molecule has 0 atom stereocenters. The van der Waals surface area contributed by atoms with Crippen molar-refractivity contribution in [3.05, 3.63) is 23.8 Å². The molecule has 0 unspecified atom stereocenters. The molecule has 0 fully saturated rings. The van der Waals surface area contributed by atoms with Gasteiger partial charge in [0.1, 0.15) is 0 Å². The first-order valence-corrected chi connectivity index (χ1v) is 4.58. The molecule has 1 rings (SSSR count). The van der Waals surface area contributed by atoms with Crippen LogP contribution in [0, 0.1) is 0 Å². The van der Waals surface area contributed by atoms with Crippen molar-refractivity contribution in [1.29, 1.82) is 0 Å². The maximum atomic E-state index is 10.4. The van der Waals surface area contributed by atoms with Crippen molar-refractivity contribution in [1.82, 2.24) is 0 Å². The van der Waals surface area contributed by atoms with Crippen molar-refractivity contribution >= 4 is 17.3 Å². The number of carboxylic acid groups (broad SMARTS) is 1. The van der Waals surface area contributed by atoms with E-state index in [1.165, 1.54) is 0 Å².